The van der Waals surface area contributed by atoms with Crippen LogP contribution >= 0.6 is 12.2 Å². The average Bonchev–Trinajstić information content (AvgIpc) is 2.31. The predicted molar refractivity (Wildman–Crippen MR) is 64.7 cm³/mol. The van der Waals surface area contributed by atoms with E-state index in [2.05, 4.69) is 33.4 Å². The quantitative estimate of drug-likeness (QED) is 0.556. The molecule has 0 N–H and O–H groups in total. The SMILES string of the molecule is S=C=Nc1cnccc1C1CCCCC1. The average molecular weight is 218 g/mol. The van der Waals surface area contributed by atoms with Crippen molar-refractivity contribution >= 4 is 23.1 Å². The highest BCUT2D eigenvalue weighted by Gasteiger charge is 2.17. The largest absolute Gasteiger partial charge is 0.262 e. The van der Waals surface area contributed by atoms with E-state index in [9.17, 15) is 0 Å². The van der Waals surface area contributed by atoms with Gasteiger partial charge in [0.15, 0.2) is 0 Å². The number of isothiocyanates is 1. The normalized spacial score (nSPS) is 17.1. The lowest BCUT2D eigenvalue weighted by atomic mass is 9.84. The lowest BCUT2D eigenvalue weighted by molar-refractivity contribution is 0.444. The van der Waals surface area contributed by atoms with Crippen molar-refractivity contribution in [3.05, 3.63) is 24.0 Å². The van der Waals surface area contributed by atoms with Crippen molar-refractivity contribution in [2.24, 2.45) is 4.99 Å². The van der Waals surface area contributed by atoms with E-state index in [1.54, 1.807) is 6.20 Å². The Morgan fingerprint density at radius 1 is 1.33 bits per heavy atom. The maximum atomic E-state index is 4.65. The first-order valence-electron chi connectivity index (χ1n) is 5.43. The van der Waals surface area contributed by atoms with E-state index in [4.69, 9.17) is 0 Å². The molecule has 3 heteroatoms. The van der Waals surface area contributed by atoms with Crippen LogP contribution in [0.5, 0.6) is 0 Å². The van der Waals surface area contributed by atoms with Gasteiger partial charge in [-0.3, -0.25) is 4.98 Å². The van der Waals surface area contributed by atoms with Crippen LogP contribution in [0, 0.1) is 0 Å². The Morgan fingerprint density at radius 3 is 2.87 bits per heavy atom. The van der Waals surface area contributed by atoms with Gasteiger partial charge in [-0.05, 0) is 42.6 Å². The van der Waals surface area contributed by atoms with Crippen molar-refractivity contribution in [1.82, 2.24) is 4.98 Å². The number of rotatable bonds is 2. The molecule has 0 aliphatic heterocycles. The minimum atomic E-state index is 0.642. The van der Waals surface area contributed by atoms with E-state index >= 15 is 0 Å². The fourth-order valence-electron chi connectivity index (χ4n) is 2.30. The first-order valence-corrected chi connectivity index (χ1v) is 5.84. The van der Waals surface area contributed by atoms with Crippen molar-refractivity contribution < 1.29 is 0 Å². The molecule has 0 atom stereocenters. The Balaban J connectivity index is 2.28. The predicted octanol–water partition coefficient (Wildman–Crippen LogP) is 3.86. The van der Waals surface area contributed by atoms with Gasteiger partial charge in [0.2, 0.25) is 0 Å². The minimum Gasteiger partial charge on any atom is -0.262 e. The van der Waals surface area contributed by atoms with Crippen molar-refractivity contribution in [1.29, 1.82) is 0 Å². The molecule has 1 aliphatic rings. The summed E-state index contributed by atoms with van der Waals surface area (Å²) in [6.07, 6.45) is 10.2. The summed E-state index contributed by atoms with van der Waals surface area (Å²) in [6.45, 7) is 0. The maximum absolute atomic E-state index is 4.65. The molecule has 0 amide bonds. The first kappa shape index (κ1) is 10.5. The second-order valence-electron chi connectivity index (χ2n) is 3.97. The first-order chi connectivity index (χ1) is 7.42. The summed E-state index contributed by atoms with van der Waals surface area (Å²) < 4.78 is 0. The van der Waals surface area contributed by atoms with Gasteiger partial charge in [0.25, 0.3) is 0 Å². The third kappa shape index (κ3) is 2.49. The Bertz CT molecular complexity index is 377. The van der Waals surface area contributed by atoms with E-state index in [0.29, 0.717) is 5.92 Å². The summed E-state index contributed by atoms with van der Waals surface area (Å²) in [5.74, 6) is 0.642. The van der Waals surface area contributed by atoms with Crippen LogP contribution in [0.4, 0.5) is 5.69 Å². The zero-order chi connectivity index (χ0) is 10.5. The van der Waals surface area contributed by atoms with Gasteiger partial charge in [-0.15, -0.1) is 0 Å². The number of hydrogen-bond acceptors (Lipinski definition) is 3. The van der Waals surface area contributed by atoms with E-state index in [-0.39, 0.29) is 0 Å². The minimum absolute atomic E-state index is 0.642. The standard InChI is InChI=1S/C12H14N2S/c15-9-14-12-8-13-7-6-11(12)10-4-2-1-3-5-10/h6-8,10H,1-5H2. The lowest BCUT2D eigenvalue weighted by Crippen LogP contribution is -2.04. The second kappa shape index (κ2) is 5.15. The number of hydrogen-bond donors (Lipinski definition) is 0. The molecule has 0 spiro atoms. The lowest BCUT2D eigenvalue weighted by Gasteiger charge is -2.22. The molecule has 15 heavy (non-hydrogen) atoms. The van der Waals surface area contributed by atoms with E-state index in [1.165, 1.54) is 37.7 Å². The van der Waals surface area contributed by atoms with Crippen molar-refractivity contribution in [2.75, 3.05) is 0 Å². The summed E-state index contributed by atoms with van der Waals surface area (Å²) in [5, 5.41) is 2.43. The maximum Gasteiger partial charge on any atom is 0.0957 e. The Morgan fingerprint density at radius 2 is 2.13 bits per heavy atom. The van der Waals surface area contributed by atoms with Crippen LogP contribution < -0.4 is 0 Å². The molecule has 1 saturated carbocycles. The molecule has 1 fully saturated rings. The molecule has 78 valence electrons. The molecule has 0 radical (unpaired) electrons. The van der Waals surface area contributed by atoms with Gasteiger partial charge in [0.05, 0.1) is 17.0 Å². The molecule has 2 nitrogen and oxygen atoms in total. The molecular formula is C12H14N2S. The molecule has 1 aromatic heterocycles. The van der Waals surface area contributed by atoms with Gasteiger partial charge < -0.3 is 0 Å². The van der Waals surface area contributed by atoms with Crippen molar-refractivity contribution in [2.45, 2.75) is 38.0 Å². The highest BCUT2D eigenvalue weighted by Crippen LogP contribution is 2.36. The molecule has 0 bridgehead atoms. The van der Waals surface area contributed by atoms with Crippen LogP contribution in [0.2, 0.25) is 0 Å². The van der Waals surface area contributed by atoms with Gasteiger partial charge in [-0.2, -0.15) is 4.99 Å². The van der Waals surface area contributed by atoms with Crippen molar-refractivity contribution in [3.8, 4) is 0 Å². The smallest absolute Gasteiger partial charge is 0.0957 e. The Kier molecular flexibility index (Phi) is 3.59. The fraction of sp³-hybridized carbons (Fsp3) is 0.500. The van der Waals surface area contributed by atoms with Gasteiger partial charge in [-0.25, -0.2) is 0 Å². The number of nitrogens with zero attached hydrogens (tertiary/aromatic N) is 2. The molecule has 0 unspecified atom stereocenters. The van der Waals surface area contributed by atoms with Gasteiger partial charge in [-0.1, -0.05) is 19.3 Å². The molecular weight excluding hydrogens is 204 g/mol. The van der Waals surface area contributed by atoms with Crippen LogP contribution in [0.3, 0.4) is 0 Å². The number of pyridine rings is 1. The van der Waals surface area contributed by atoms with Crippen LogP contribution in [0.25, 0.3) is 0 Å². The number of aliphatic imine (C=N–C) groups is 1. The van der Waals surface area contributed by atoms with Crippen LogP contribution in [0.15, 0.2) is 23.5 Å². The Labute approximate surface area is 95.5 Å². The van der Waals surface area contributed by atoms with E-state index < -0.39 is 0 Å². The highest BCUT2D eigenvalue weighted by atomic mass is 32.1. The highest BCUT2D eigenvalue weighted by molar-refractivity contribution is 7.78. The monoisotopic (exact) mass is 218 g/mol. The summed E-state index contributed by atoms with van der Waals surface area (Å²) >= 11 is 4.65. The molecule has 0 saturated heterocycles. The topological polar surface area (TPSA) is 25.2 Å². The van der Waals surface area contributed by atoms with Crippen molar-refractivity contribution in [3.63, 3.8) is 0 Å². The third-order valence-electron chi connectivity index (χ3n) is 3.04. The summed E-state index contributed by atoms with van der Waals surface area (Å²) in [5.41, 5.74) is 2.20. The molecule has 0 aromatic carbocycles. The second-order valence-corrected chi connectivity index (χ2v) is 4.16. The summed E-state index contributed by atoms with van der Waals surface area (Å²) in [7, 11) is 0. The third-order valence-corrected chi connectivity index (χ3v) is 3.14. The Hall–Kier alpha value is -1.05. The van der Waals surface area contributed by atoms with Gasteiger partial charge in [0, 0.05) is 6.20 Å². The summed E-state index contributed by atoms with van der Waals surface area (Å²) in [4.78, 5) is 8.16. The summed E-state index contributed by atoms with van der Waals surface area (Å²) in [6, 6.07) is 2.07. The van der Waals surface area contributed by atoms with Crippen LogP contribution in [-0.4, -0.2) is 10.1 Å². The van der Waals surface area contributed by atoms with E-state index in [0.717, 1.165) is 5.69 Å². The van der Waals surface area contributed by atoms with Gasteiger partial charge in [0.1, 0.15) is 0 Å². The van der Waals surface area contributed by atoms with Crippen LogP contribution in [-0.2, 0) is 0 Å². The zero-order valence-corrected chi connectivity index (χ0v) is 9.46. The fourth-order valence-corrected chi connectivity index (χ4v) is 2.40. The zero-order valence-electron chi connectivity index (χ0n) is 8.65. The number of thiocarbonyl (C=S) groups is 1. The molecule has 2 rings (SSSR count). The molecule has 1 heterocycles. The molecule has 1 aromatic rings. The number of aromatic nitrogens is 1. The molecule has 1 aliphatic carbocycles. The van der Waals surface area contributed by atoms with Crippen LogP contribution in [0.1, 0.15) is 43.6 Å². The van der Waals surface area contributed by atoms with Gasteiger partial charge >= 0.3 is 0 Å². The van der Waals surface area contributed by atoms with E-state index in [1.807, 2.05) is 6.20 Å².